The summed E-state index contributed by atoms with van der Waals surface area (Å²) >= 11 is 0. The van der Waals surface area contributed by atoms with Gasteiger partial charge in [-0.2, -0.15) is 13.2 Å². The Morgan fingerprint density at radius 2 is 1.92 bits per heavy atom. The van der Waals surface area contributed by atoms with Crippen molar-refractivity contribution < 1.29 is 32.2 Å². The van der Waals surface area contributed by atoms with E-state index >= 15 is 0 Å². The molecular weight excluding hydrogens is 356 g/mol. The molecule has 0 aliphatic carbocycles. The van der Waals surface area contributed by atoms with Gasteiger partial charge in [-0.05, 0) is 26.1 Å². The van der Waals surface area contributed by atoms with Crippen LogP contribution in [0.2, 0.25) is 0 Å². The van der Waals surface area contributed by atoms with Crippen LogP contribution in [0.4, 0.5) is 17.6 Å². The first-order valence-electron chi connectivity index (χ1n) is 8.12. The summed E-state index contributed by atoms with van der Waals surface area (Å²) in [5.41, 5.74) is -0.683. The van der Waals surface area contributed by atoms with Crippen LogP contribution in [-0.2, 0) is 22.3 Å². The van der Waals surface area contributed by atoms with Gasteiger partial charge in [0.2, 0.25) is 0 Å². The van der Waals surface area contributed by atoms with Gasteiger partial charge in [-0.1, -0.05) is 6.07 Å². The lowest BCUT2D eigenvalue weighted by Gasteiger charge is -2.34. The minimum Gasteiger partial charge on any atom is -0.483 e. The maximum absolute atomic E-state index is 13.9. The number of rotatable bonds is 5. The zero-order chi connectivity index (χ0) is 19.7. The van der Waals surface area contributed by atoms with E-state index < -0.39 is 17.6 Å². The lowest BCUT2D eigenvalue weighted by atomic mass is 10.1. The Hall–Kier alpha value is -1.71. The van der Waals surface area contributed by atoms with E-state index in [-0.39, 0.29) is 24.6 Å². The second kappa shape index (κ2) is 10.4. The van der Waals surface area contributed by atoms with Gasteiger partial charge in [0.05, 0.1) is 18.8 Å². The van der Waals surface area contributed by atoms with Gasteiger partial charge in [0.15, 0.2) is 0 Å². The van der Waals surface area contributed by atoms with Crippen LogP contribution in [0.5, 0.6) is 0 Å². The lowest BCUT2D eigenvalue weighted by molar-refractivity contribution is -0.137. The highest BCUT2D eigenvalue weighted by Gasteiger charge is 2.31. The monoisotopic (exact) mass is 380 g/mol. The highest BCUT2D eigenvalue weighted by Crippen LogP contribution is 2.30. The largest absolute Gasteiger partial charge is 0.483 e. The predicted molar refractivity (Wildman–Crippen MR) is 88.3 cm³/mol. The van der Waals surface area contributed by atoms with E-state index in [1.165, 1.54) is 6.07 Å². The van der Waals surface area contributed by atoms with Crippen molar-refractivity contribution >= 4 is 6.47 Å². The fourth-order valence-electron chi connectivity index (χ4n) is 2.79. The third-order valence-corrected chi connectivity index (χ3v) is 4.07. The highest BCUT2D eigenvalue weighted by molar-refractivity contribution is 5.32. The molecule has 1 unspecified atom stereocenters. The summed E-state index contributed by atoms with van der Waals surface area (Å²) < 4.78 is 56.8. The summed E-state index contributed by atoms with van der Waals surface area (Å²) in [6.45, 7) is 5.97. The fourth-order valence-corrected chi connectivity index (χ4v) is 2.79. The topological polar surface area (TPSA) is 53.0 Å². The Morgan fingerprint density at radius 3 is 2.42 bits per heavy atom. The van der Waals surface area contributed by atoms with Crippen molar-refractivity contribution in [3.63, 3.8) is 0 Å². The van der Waals surface area contributed by atoms with Crippen LogP contribution < -0.4 is 0 Å². The van der Waals surface area contributed by atoms with Crippen molar-refractivity contribution in [2.75, 3.05) is 39.9 Å². The number of carboxylic acid groups (broad SMARTS) is 1. The van der Waals surface area contributed by atoms with Crippen molar-refractivity contribution in [2.45, 2.75) is 25.7 Å². The molecule has 0 spiro atoms. The van der Waals surface area contributed by atoms with Crippen LogP contribution in [-0.4, -0.2) is 67.3 Å². The third-order valence-electron chi connectivity index (χ3n) is 4.07. The Bertz CT molecular complexity index is 563. The number of likely N-dealkylation sites (N-methyl/N-ethyl adjacent to an activating group) is 1. The van der Waals surface area contributed by atoms with Crippen molar-refractivity contribution in [3.05, 3.63) is 35.1 Å². The molecule has 0 bridgehead atoms. The molecule has 1 aromatic carbocycles. The van der Waals surface area contributed by atoms with Gasteiger partial charge in [-0.15, -0.1) is 0 Å². The Balaban J connectivity index is 0.00000105. The number of halogens is 4. The minimum atomic E-state index is -4.52. The van der Waals surface area contributed by atoms with Crippen LogP contribution in [0.3, 0.4) is 0 Å². The summed E-state index contributed by atoms with van der Waals surface area (Å²) in [6, 6.07) is 2.99. The maximum atomic E-state index is 13.9. The SMILES string of the molecule is CC(CN(C)Cc1ccc(C(F)(F)F)cc1F)N1CCOCC1.O=CO. The van der Waals surface area contributed by atoms with Crippen LogP contribution >= 0.6 is 0 Å². The maximum Gasteiger partial charge on any atom is 0.416 e. The van der Waals surface area contributed by atoms with E-state index in [1.54, 1.807) is 0 Å². The molecule has 9 heteroatoms. The number of nitrogens with zero attached hydrogens (tertiary/aromatic N) is 2. The normalized spacial score (nSPS) is 16.7. The van der Waals surface area contributed by atoms with Gasteiger partial charge < -0.3 is 14.7 Å². The molecule has 1 heterocycles. The summed E-state index contributed by atoms with van der Waals surface area (Å²) in [7, 11) is 1.84. The molecule has 26 heavy (non-hydrogen) atoms. The summed E-state index contributed by atoms with van der Waals surface area (Å²) in [4.78, 5) is 12.6. The predicted octanol–water partition coefficient (Wildman–Crippen LogP) is 2.70. The number of benzene rings is 1. The Morgan fingerprint density at radius 1 is 1.35 bits per heavy atom. The molecule has 2 rings (SSSR count). The van der Waals surface area contributed by atoms with Gasteiger partial charge in [-0.25, -0.2) is 4.39 Å². The number of carbonyl (C=O) groups is 1. The van der Waals surface area contributed by atoms with Crippen molar-refractivity contribution in [1.29, 1.82) is 0 Å². The molecule has 1 N–H and O–H groups in total. The molecule has 1 aliphatic heterocycles. The third kappa shape index (κ3) is 7.27. The molecule has 1 fully saturated rings. The molecule has 0 amide bonds. The molecular formula is C17H24F4N2O3. The van der Waals surface area contributed by atoms with Gasteiger partial charge in [0, 0.05) is 37.8 Å². The number of morpholine rings is 1. The van der Waals surface area contributed by atoms with Crippen molar-refractivity contribution in [3.8, 4) is 0 Å². The molecule has 1 aromatic rings. The van der Waals surface area contributed by atoms with Crippen LogP contribution in [0.1, 0.15) is 18.1 Å². The molecule has 1 saturated heterocycles. The highest BCUT2D eigenvalue weighted by atomic mass is 19.4. The second-order valence-corrected chi connectivity index (χ2v) is 6.10. The number of hydrogen-bond donors (Lipinski definition) is 1. The summed E-state index contributed by atoms with van der Waals surface area (Å²) in [5.74, 6) is -0.814. The van der Waals surface area contributed by atoms with Crippen LogP contribution in [0, 0.1) is 5.82 Å². The average molecular weight is 380 g/mol. The van der Waals surface area contributed by atoms with E-state index in [9.17, 15) is 17.6 Å². The molecule has 0 aromatic heterocycles. The molecule has 148 valence electrons. The standard InChI is InChI=1S/C16H22F4N2O.CH2O2/c1-12(22-5-7-23-8-6-22)10-21(2)11-13-3-4-14(9-15(13)17)16(18,19)20;2-1-3/h3-4,9,12H,5-8,10-11H2,1-2H3;1H,(H,2,3). The minimum absolute atomic E-state index is 0.250. The zero-order valence-electron chi connectivity index (χ0n) is 14.8. The van der Waals surface area contributed by atoms with E-state index in [4.69, 9.17) is 14.6 Å². The number of hydrogen-bond acceptors (Lipinski definition) is 4. The van der Waals surface area contributed by atoms with Gasteiger partial charge in [-0.3, -0.25) is 9.69 Å². The molecule has 0 radical (unpaired) electrons. The Labute approximate surface area is 150 Å². The average Bonchev–Trinajstić information content (AvgIpc) is 2.57. The van der Waals surface area contributed by atoms with Crippen molar-refractivity contribution in [2.24, 2.45) is 0 Å². The zero-order valence-corrected chi connectivity index (χ0v) is 14.8. The van der Waals surface area contributed by atoms with Crippen molar-refractivity contribution in [1.82, 2.24) is 9.80 Å². The number of ether oxygens (including phenoxy) is 1. The summed E-state index contributed by atoms with van der Waals surface area (Å²) in [6.07, 6.45) is -4.52. The van der Waals surface area contributed by atoms with Crippen LogP contribution in [0.25, 0.3) is 0 Å². The molecule has 1 aliphatic rings. The van der Waals surface area contributed by atoms with Gasteiger partial charge in [0.25, 0.3) is 6.47 Å². The van der Waals surface area contributed by atoms with Gasteiger partial charge in [0.1, 0.15) is 5.82 Å². The molecule has 0 saturated carbocycles. The van der Waals surface area contributed by atoms with Crippen LogP contribution in [0.15, 0.2) is 18.2 Å². The van der Waals surface area contributed by atoms with E-state index in [2.05, 4.69) is 11.8 Å². The summed E-state index contributed by atoms with van der Waals surface area (Å²) in [5, 5.41) is 6.89. The molecule has 1 atom stereocenters. The second-order valence-electron chi connectivity index (χ2n) is 6.10. The number of alkyl halides is 3. The van der Waals surface area contributed by atoms with E-state index in [1.807, 2.05) is 11.9 Å². The molecule has 5 nitrogen and oxygen atoms in total. The fraction of sp³-hybridized carbons (Fsp3) is 0.588. The first kappa shape index (κ1) is 22.3. The smallest absolute Gasteiger partial charge is 0.416 e. The quantitative estimate of drug-likeness (QED) is 0.629. The Kier molecular flexibility index (Phi) is 8.97. The lowest BCUT2D eigenvalue weighted by Crippen LogP contribution is -2.46. The van der Waals surface area contributed by atoms with E-state index in [0.29, 0.717) is 25.8 Å². The first-order chi connectivity index (χ1) is 12.2. The first-order valence-corrected chi connectivity index (χ1v) is 8.12. The van der Waals surface area contributed by atoms with E-state index in [0.717, 1.165) is 19.2 Å². The van der Waals surface area contributed by atoms with Gasteiger partial charge >= 0.3 is 6.18 Å².